The predicted molar refractivity (Wildman–Crippen MR) is 297 cm³/mol. The zero-order valence-corrected chi connectivity index (χ0v) is 39.1. The third-order valence-electron chi connectivity index (χ3n) is 13.9. The first-order chi connectivity index (χ1) is 34.5. The van der Waals surface area contributed by atoms with E-state index in [1.54, 1.807) is 6.92 Å². The molecule has 70 heavy (non-hydrogen) atoms. The minimum Gasteiger partial charge on any atom is -0.342 e. The van der Waals surface area contributed by atoms with E-state index in [2.05, 4.69) is 232 Å². The number of para-hydroxylation sites is 6. The van der Waals surface area contributed by atoms with Crippen molar-refractivity contribution in [3.8, 4) is 22.5 Å². The standard InChI is InChI=1S/C25H19N3.C25H18N2.C14H13N/c26-16-27-22-12-6-4-10-18(22)20-14-15-21-19-11-5-7-13-23(19)28(25(21)24(20)27)17-8-2-1-3-9-17;1-26-22-13-7-5-11-18(22)20-15-16-21-19-12-6-8-14-23(19)27(25(21)24(20)26)17-9-3-2-4-10-17;1-11(15)12-7-9-14(10-8-12)13-5-3-2-4-6-13/h1-15H,16,26H2;2-16H,1H3;2-10,15H,1H3. The van der Waals surface area contributed by atoms with E-state index in [1.807, 2.05) is 30.3 Å². The van der Waals surface area contributed by atoms with Gasteiger partial charge in [0.1, 0.15) is 0 Å². The number of hydrogen-bond acceptors (Lipinski definition) is 2. The smallest absolute Gasteiger partial charge is 0.0785 e. The molecule has 4 heterocycles. The van der Waals surface area contributed by atoms with Crippen LogP contribution in [0.3, 0.4) is 0 Å². The molecule has 6 heteroatoms. The van der Waals surface area contributed by atoms with Crippen LogP contribution in [0.15, 0.2) is 237 Å². The molecule has 0 aliphatic heterocycles. The second kappa shape index (κ2) is 17.6. The van der Waals surface area contributed by atoms with Gasteiger partial charge < -0.3 is 29.4 Å². The Morgan fingerprint density at radius 2 is 0.714 bits per heavy atom. The summed E-state index contributed by atoms with van der Waals surface area (Å²) in [4.78, 5) is 0. The first kappa shape index (κ1) is 42.4. The van der Waals surface area contributed by atoms with Gasteiger partial charge in [0.2, 0.25) is 0 Å². The molecule has 0 spiro atoms. The second-order valence-electron chi connectivity index (χ2n) is 17.9. The Hall–Kier alpha value is -8.97. The molecule has 0 unspecified atom stereocenters. The molecule has 0 saturated carbocycles. The van der Waals surface area contributed by atoms with Crippen LogP contribution in [0, 0.1) is 5.41 Å². The van der Waals surface area contributed by atoms with E-state index in [0.29, 0.717) is 12.4 Å². The van der Waals surface area contributed by atoms with E-state index < -0.39 is 0 Å². The molecule has 0 atom stereocenters. The highest BCUT2D eigenvalue weighted by molar-refractivity contribution is 6.24. The molecule has 6 nitrogen and oxygen atoms in total. The lowest BCUT2D eigenvalue weighted by Crippen LogP contribution is -2.07. The van der Waals surface area contributed by atoms with Crippen molar-refractivity contribution in [2.24, 2.45) is 12.8 Å². The van der Waals surface area contributed by atoms with Crippen LogP contribution >= 0.6 is 0 Å². The van der Waals surface area contributed by atoms with E-state index >= 15 is 0 Å². The van der Waals surface area contributed by atoms with Gasteiger partial charge in [-0.2, -0.15) is 0 Å². The number of aryl methyl sites for hydroxylation is 1. The summed E-state index contributed by atoms with van der Waals surface area (Å²) in [6, 6.07) is 83.2. The summed E-state index contributed by atoms with van der Waals surface area (Å²) >= 11 is 0. The summed E-state index contributed by atoms with van der Waals surface area (Å²) < 4.78 is 9.36. The lowest BCUT2D eigenvalue weighted by atomic mass is 10.0. The van der Waals surface area contributed by atoms with Gasteiger partial charge in [0.25, 0.3) is 0 Å². The molecule has 0 fully saturated rings. The van der Waals surface area contributed by atoms with Gasteiger partial charge in [0, 0.05) is 72.7 Å². The highest BCUT2D eigenvalue weighted by Crippen LogP contribution is 2.41. The molecule has 14 aromatic rings. The van der Waals surface area contributed by atoms with Crippen molar-refractivity contribution in [1.29, 1.82) is 5.41 Å². The fourth-order valence-electron chi connectivity index (χ4n) is 10.7. The van der Waals surface area contributed by atoms with Crippen LogP contribution in [0.4, 0.5) is 0 Å². The highest BCUT2D eigenvalue weighted by Gasteiger charge is 2.21. The first-order valence-electron chi connectivity index (χ1n) is 23.8. The van der Waals surface area contributed by atoms with E-state index in [1.165, 1.54) is 104 Å². The maximum atomic E-state index is 7.51. The van der Waals surface area contributed by atoms with Crippen molar-refractivity contribution in [1.82, 2.24) is 18.3 Å². The fraction of sp³-hybridized carbons (Fsp3) is 0.0469. The van der Waals surface area contributed by atoms with Gasteiger partial charge in [-0.15, -0.1) is 0 Å². The Kier molecular flexibility index (Phi) is 10.7. The van der Waals surface area contributed by atoms with Gasteiger partial charge in [-0.25, -0.2) is 0 Å². The second-order valence-corrected chi connectivity index (χ2v) is 17.9. The largest absolute Gasteiger partial charge is 0.342 e. The van der Waals surface area contributed by atoms with Crippen molar-refractivity contribution in [3.63, 3.8) is 0 Å². The van der Waals surface area contributed by atoms with Crippen LogP contribution in [0.5, 0.6) is 0 Å². The lowest BCUT2D eigenvalue weighted by Gasteiger charge is -2.10. The summed E-state index contributed by atoms with van der Waals surface area (Å²) in [5.74, 6) is 0. The zero-order valence-electron chi connectivity index (χ0n) is 39.1. The van der Waals surface area contributed by atoms with Gasteiger partial charge in [-0.3, -0.25) is 0 Å². The minimum atomic E-state index is 0.444. The van der Waals surface area contributed by atoms with Gasteiger partial charge in [0.15, 0.2) is 0 Å². The Morgan fingerprint density at radius 3 is 1.20 bits per heavy atom. The summed E-state index contributed by atoms with van der Waals surface area (Å²) in [5.41, 5.74) is 22.5. The third-order valence-corrected chi connectivity index (χ3v) is 13.9. The number of rotatable bonds is 5. The molecule has 0 saturated heterocycles. The summed E-state index contributed by atoms with van der Waals surface area (Å²) in [6.07, 6.45) is 0. The van der Waals surface area contributed by atoms with Gasteiger partial charge in [-0.1, -0.05) is 188 Å². The van der Waals surface area contributed by atoms with Gasteiger partial charge in [-0.05, 0) is 72.1 Å². The number of aromatic nitrogens is 4. The Bertz CT molecular complexity index is 4230. The van der Waals surface area contributed by atoms with E-state index in [-0.39, 0.29) is 0 Å². The normalized spacial score (nSPS) is 11.5. The number of hydrogen-bond donors (Lipinski definition) is 2. The SMILES string of the molecule is CC(=N)c1ccc(-c2ccccc2)cc1.Cn1c2ccccc2c2ccc3c4ccccc4n(-c4ccccc4)c3c21.NCn1c2ccccc2c2ccc3c4ccccc4n(-c4ccccc4)c3c21. The average molecular weight is 903 g/mol. The number of nitrogens with zero attached hydrogens (tertiary/aromatic N) is 4. The van der Waals surface area contributed by atoms with Crippen LogP contribution < -0.4 is 5.73 Å². The Balaban J connectivity index is 0.000000113. The highest BCUT2D eigenvalue weighted by atomic mass is 15.1. The molecular weight excluding hydrogens is 853 g/mol. The van der Waals surface area contributed by atoms with Gasteiger partial charge in [0.05, 0.1) is 45.3 Å². The van der Waals surface area contributed by atoms with E-state index in [9.17, 15) is 0 Å². The fourth-order valence-corrected chi connectivity index (χ4v) is 10.7. The molecule has 0 radical (unpaired) electrons. The number of nitrogens with two attached hydrogens (primary N) is 1. The first-order valence-corrected chi connectivity index (χ1v) is 23.8. The van der Waals surface area contributed by atoms with Crippen molar-refractivity contribution in [2.75, 3.05) is 0 Å². The minimum absolute atomic E-state index is 0.444. The molecule has 10 aromatic carbocycles. The van der Waals surface area contributed by atoms with Crippen LogP contribution in [-0.4, -0.2) is 24.0 Å². The third kappa shape index (κ3) is 6.96. The van der Waals surface area contributed by atoms with Crippen molar-refractivity contribution < 1.29 is 0 Å². The monoisotopic (exact) mass is 902 g/mol. The molecule has 0 aliphatic carbocycles. The Labute approximate surface area is 405 Å². The summed E-state index contributed by atoms with van der Waals surface area (Å²) in [7, 11) is 2.18. The molecule has 336 valence electrons. The van der Waals surface area contributed by atoms with Crippen LogP contribution in [0.2, 0.25) is 0 Å². The van der Waals surface area contributed by atoms with Crippen LogP contribution in [0.25, 0.3) is 110 Å². The predicted octanol–water partition coefficient (Wildman–Crippen LogP) is 16.0. The van der Waals surface area contributed by atoms with Crippen LogP contribution in [0.1, 0.15) is 12.5 Å². The molecule has 0 aliphatic rings. The maximum Gasteiger partial charge on any atom is 0.0785 e. The molecule has 3 N–H and O–H groups in total. The molecule has 0 amide bonds. The quantitative estimate of drug-likeness (QED) is 0.166. The number of nitrogens with one attached hydrogen (secondary N) is 1. The Morgan fingerprint density at radius 1 is 0.357 bits per heavy atom. The van der Waals surface area contributed by atoms with E-state index in [0.717, 1.165) is 11.3 Å². The molecular formula is C64H50N6. The van der Waals surface area contributed by atoms with Crippen molar-refractivity contribution in [3.05, 3.63) is 242 Å². The summed E-state index contributed by atoms with van der Waals surface area (Å²) in [5, 5.41) is 17.7. The van der Waals surface area contributed by atoms with Crippen molar-refractivity contribution >= 4 is 92.9 Å². The van der Waals surface area contributed by atoms with Gasteiger partial charge >= 0.3 is 0 Å². The topological polar surface area (TPSA) is 69.6 Å². The zero-order chi connectivity index (χ0) is 47.3. The lowest BCUT2D eigenvalue weighted by molar-refractivity contribution is 0.791. The number of benzene rings is 10. The summed E-state index contributed by atoms with van der Waals surface area (Å²) in [6.45, 7) is 2.25. The number of fused-ring (bicyclic) bond motifs is 14. The van der Waals surface area contributed by atoms with Crippen molar-refractivity contribution in [2.45, 2.75) is 13.6 Å². The molecule has 4 aromatic heterocycles. The molecule has 0 bridgehead atoms. The van der Waals surface area contributed by atoms with Crippen LogP contribution in [-0.2, 0) is 13.7 Å². The average Bonchev–Trinajstić information content (AvgIpc) is 4.14. The maximum absolute atomic E-state index is 7.51. The molecule has 14 rings (SSSR count). The van der Waals surface area contributed by atoms with E-state index in [4.69, 9.17) is 11.1 Å².